The number of carbonyl (C=O) groups is 1. The van der Waals surface area contributed by atoms with Gasteiger partial charge in [-0.2, -0.15) is 0 Å². The van der Waals surface area contributed by atoms with Gasteiger partial charge in [0, 0.05) is 6.21 Å². The van der Waals surface area contributed by atoms with E-state index in [0.29, 0.717) is 0 Å². The Morgan fingerprint density at radius 1 is 1.41 bits per heavy atom. The second-order valence-corrected chi connectivity index (χ2v) is 4.36. The third kappa shape index (κ3) is 3.86. The van der Waals surface area contributed by atoms with Crippen LogP contribution in [0.4, 0.5) is 9.18 Å². The first-order valence-electron chi connectivity index (χ1n) is 5.03. The number of ether oxygens (including phenoxy) is 2. The Balaban J connectivity index is 2.85. The van der Waals surface area contributed by atoms with Crippen LogP contribution in [0.25, 0.3) is 0 Å². The molecule has 0 aliphatic heterocycles. The zero-order valence-electron chi connectivity index (χ0n) is 9.91. The molecular weight excluding hydrogens is 225 g/mol. The van der Waals surface area contributed by atoms with Crippen LogP contribution in [0, 0.1) is 11.2 Å². The zero-order chi connectivity index (χ0) is 13.1. The fourth-order valence-electron chi connectivity index (χ4n) is 1.11. The molecule has 1 aromatic carbocycles. The first kappa shape index (κ1) is 13.2. The van der Waals surface area contributed by atoms with Crippen molar-refractivity contribution in [2.45, 2.75) is 26.4 Å². The van der Waals surface area contributed by atoms with Crippen LogP contribution in [0.5, 0.6) is 5.75 Å². The minimum Gasteiger partial charge on any atom is -0.428 e. The smallest absolute Gasteiger partial charge is 0.428 e. The summed E-state index contributed by atoms with van der Waals surface area (Å²) in [6, 6.07) is 3.97. The quantitative estimate of drug-likeness (QED) is 0.490. The van der Waals surface area contributed by atoms with E-state index in [1.807, 2.05) is 0 Å². The summed E-state index contributed by atoms with van der Waals surface area (Å²) in [6.07, 6.45) is -0.138. The molecule has 0 spiro atoms. The van der Waals surface area contributed by atoms with E-state index in [2.05, 4.69) is 0 Å². The Labute approximate surface area is 98.9 Å². The second-order valence-electron chi connectivity index (χ2n) is 4.36. The number of halogens is 1. The molecule has 0 aromatic heterocycles. The van der Waals surface area contributed by atoms with E-state index in [9.17, 15) is 9.18 Å². The van der Waals surface area contributed by atoms with Gasteiger partial charge in [0.25, 0.3) is 0 Å². The number of carbonyl (C=O) groups excluding carboxylic acids is 1. The van der Waals surface area contributed by atoms with E-state index in [0.717, 1.165) is 6.21 Å². The Bertz CT molecular complexity index is 438. The first-order chi connectivity index (χ1) is 7.83. The topological polar surface area (TPSA) is 59.4 Å². The van der Waals surface area contributed by atoms with Gasteiger partial charge in [0.2, 0.25) is 0 Å². The predicted molar refractivity (Wildman–Crippen MR) is 61.1 cm³/mol. The Kier molecular flexibility index (Phi) is 3.83. The van der Waals surface area contributed by atoms with E-state index >= 15 is 0 Å². The molecule has 0 fully saturated rings. The standard InChI is InChI=1S/C12H14FNO3/c1-12(2,3)17-11(15)16-10-6-4-5-9(13)8(10)7-14/h4-7,14H,1-3H3. The zero-order valence-corrected chi connectivity index (χ0v) is 9.91. The molecule has 92 valence electrons. The molecule has 5 heteroatoms. The highest BCUT2D eigenvalue weighted by Crippen LogP contribution is 2.20. The fraction of sp³-hybridized carbons (Fsp3) is 0.333. The molecule has 17 heavy (non-hydrogen) atoms. The third-order valence-corrected chi connectivity index (χ3v) is 1.74. The maximum Gasteiger partial charge on any atom is 0.514 e. The lowest BCUT2D eigenvalue weighted by Crippen LogP contribution is -2.26. The van der Waals surface area contributed by atoms with E-state index in [1.54, 1.807) is 20.8 Å². The third-order valence-electron chi connectivity index (χ3n) is 1.74. The predicted octanol–water partition coefficient (Wildman–Crippen LogP) is 3.14. The number of benzene rings is 1. The van der Waals surface area contributed by atoms with Crippen molar-refractivity contribution in [3.8, 4) is 5.75 Å². The van der Waals surface area contributed by atoms with Crippen molar-refractivity contribution in [2.75, 3.05) is 0 Å². The molecule has 0 amide bonds. The van der Waals surface area contributed by atoms with Crippen molar-refractivity contribution in [3.05, 3.63) is 29.6 Å². The van der Waals surface area contributed by atoms with Crippen molar-refractivity contribution < 1.29 is 18.7 Å². The molecule has 0 heterocycles. The Morgan fingerprint density at radius 2 is 2.06 bits per heavy atom. The van der Waals surface area contributed by atoms with Crippen LogP contribution >= 0.6 is 0 Å². The molecule has 0 radical (unpaired) electrons. The molecule has 1 rings (SSSR count). The van der Waals surface area contributed by atoms with Gasteiger partial charge in [0.15, 0.2) is 0 Å². The van der Waals surface area contributed by atoms with Gasteiger partial charge in [-0.05, 0) is 32.9 Å². The summed E-state index contributed by atoms with van der Waals surface area (Å²) in [5.41, 5.74) is -0.770. The van der Waals surface area contributed by atoms with Gasteiger partial charge in [-0.15, -0.1) is 0 Å². The van der Waals surface area contributed by atoms with Crippen LogP contribution in [0.15, 0.2) is 18.2 Å². The van der Waals surface area contributed by atoms with Crippen LogP contribution in [0.3, 0.4) is 0 Å². The molecule has 4 nitrogen and oxygen atoms in total. The highest BCUT2D eigenvalue weighted by atomic mass is 19.1. The Morgan fingerprint density at radius 3 is 2.59 bits per heavy atom. The molecule has 0 saturated heterocycles. The fourth-order valence-corrected chi connectivity index (χ4v) is 1.11. The van der Waals surface area contributed by atoms with E-state index in [-0.39, 0.29) is 11.3 Å². The van der Waals surface area contributed by atoms with E-state index in [4.69, 9.17) is 14.9 Å². The molecule has 1 aromatic rings. The van der Waals surface area contributed by atoms with E-state index in [1.165, 1.54) is 18.2 Å². The number of nitrogens with one attached hydrogen (secondary N) is 1. The minimum atomic E-state index is -0.925. The van der Waals surface area contributed by atoms with Crippen molar-refractivity contribution >= 4 is 12.4 Å². The molecule has 0 aliphatic carbocycles. The molecule has 0 bridgehead atoms. The van der Waals surface area contributed by atoms with Crippen molar-refractivity contribution in [3.63, 3.8) is 0 Å². The monoisotopic (exact) mass is 239 g/mol. The average Bonchev–Trinajstić information content (AvgIpc) is 2.14. The lowest BCUT2D eigenvalue weighted by molar-refractivity contribution is 0.0205. The molecule has 0 saturated carbocycles. The normalized spacial score (nSPS) is 10.8. The molecule has 0 atom stereocenters. The summed E-state index contributed by atoms with van der Waals surface area (Å²) in [4.78, 5) is 11.4. The lowest BCUT2D eigenvalue weighted by Gasteiger charge is -2.19. The van der Waals surface area contributed by atoms with Crippen LogP contribution in [-0.4, -0.2) is 18.0 Å². The van der Waals surface area contributed by atoms with Crippen LogP contribution in [-0.2, 0) is 4.74 Å². The van der Waals surface area contributed by atoms with Crippen LogP contribution in [0.1, 0.15) is 26.3 Å². The average molecular weight is 239 g/mol. The minimum absolute atomic E-state index is 0.0331. The Hall–Kier alpha value is -1.91. The summed E-state index contributed by atoms with van der Waals surface area (Å²) in [5.74, 6) is -0.657. The summed E-state index contributed by atoms with van der Waals surface area (Å²) in [7, 11) is 0. The van der Waals surface area contributed by atoms with Crippen LogP contribution in [0.2, 0.25) is 0 Å². The maximum atomic E-state index is 13.3. The van der Waals surface area contributed by atoms with Gasteiger partial charge in [-0.25, -0.2) is 9.18 Å². The lowest BCUT2D eigenvalue weighted by atomic mass is 10.2. The molecular formula is C12H14FNO3. The number of hydrogen-bond donors (Lipinski definition) is 1. The van der Waals surface area contributed by atoms with Gasteiger partial charge in [0.05, 0.1) is 5.56 Å². The summed E-state index contributed by atoms with van der Waals surface area (Å²) in [6.45, 7) is 5.08. The summed E-state index contributed by atoms with van der Waals surface area (Å²) in [5, 5.41) is 7.05. The highest BCUT2D eigenvalue weighted by molar-refractivity contribution is 5.83. The van der Waals surface area contributed by atoms with Gasteiger partial charge in [0.1, 0.15) is 17.2 Å². The first-order valence-corrected chi connectivity index (χ1v) is 5.03. The van der Waals surface area contributed by atoms with Gasteiger partial charge >= 0.3 is 6.16 Å². The maximum absolute atomic E-state index is 13.3. The van der Waals surface area contributed by atoms with Gasteiger partial charge < -0.3 is 14.9 Å². The second kappa shape index (κ2) is 4.95. The van der Waals surface area contributed by atoms with Crippen molar-refractivity contribution in [2.24, 2.45) is 0 Å². The summed E-state index contributed by atoms with van der Waals surface area (Å²) < 4.78 is 23.0. The molecule has 1 N–H and O–H groups in total. The van der Waals surface area contributed by atoms with Gasteiger partial charge in [-0.3, -0.25) is 0 Å². The molecule has 0 unspecified atom stereocenters. The van der Waals surface area contributed by atoms with Gasteiger partial charge in [-0.1, -0.05) is 6.07 Å². The summed E-state index contributed by atoms with van der Waals surface area (Å²) >= 11 is 0. The van der Waals surface area contributed by atoms with Crippen LogP contribution < -0.4 is 4.74 Å². The largest absolute Gasteiger partial charge is 0.514 e. The van der Waals surface area contributed by atoms with Crippen molar-refractivity contribution in [1.82, 2.24) is 0 Å². The molecule has 0 aliphatic rings. The highest BCUT2D eigenvalue weighted by Gasteiger charge is 2.19. The number of rotatable bonds is 2. The van der Waals surface area contributed by atoms with E-state index < -0.39 is 17.6 Å². The SMILES string of the molecule is CC(C)(C)OC(=O)Oc1cccc(F)c1C=N. The number of hydrogen-bond acceptors (Lipinski definition) is 4. The van der Waals surface area contributed by atoms with Crippen molar-refractivity contribution in [1.29, 1.82) is 5.41 Å².